The molecule has 0 unspecified atom stereocenters. The number of hydrogen-bond acceptors (Lipinski definition) is 4. The van der Waals surface area contributed by atoms with Crippen LogP contribution in [0.25, 0.3) is 42.6 Å². The van der Waals surface area contributed by atoms with Crippen LogP contribution in [0.4, 0.5) is 0 Å². The smallest absolute Gasteiger partial charge is 0.162 e. The van der Waals surface area contributed by atoms with Crippen LogP contribution in [0.3, 0.4) is 0 Å². The van der Waals surface area contributed by atoms with Crippen LogP contribution in [0.1, 0.15) is 142 Å². The number of benzene rings is 3. The molecular formula is C49H62IrNO2S-. The van der Waals surface area contributed by atoms with E-state index in [4.69, 9.17) is 9.10 Å². The first-order chi connectivity index (χ1) is 26.7. The fourth-order valence-corrected chi connectivity index (χ4v) is 8.74. The van der Waals surface area contributed by atoms with Gasteiger partial charge in [0.2, 0.25) is 0 Å². The van der Waals surface area contributed by atoms with Gasteiger partial charge < -0.3 is 5.11 Å². The Bertz CT molecular complexity index is 2210. The number of nitrogens with zero attached hydrogens (tertiary/aromatic N) is 1. The van der Waals surface area contributed by atoms with Gasteiger partial charge in [0.15, 0.2) is 5.78 Å². The van der Waals surface area contributed by atoms with Crippen molar-refractivity contribution in [2.75, 3.05) is 0 Å². The van der Waals surface area contributed by atoms with Crippen LogP contribution in [0, 0.1) is 30.2 Å². The Morgan fingerprint density at radius 2 is 1.67 bits per heavy atom. The monoisotopic (exact) mass is 925 g/mol. The number of aliphatic hydroxyl groups excluding tert-OH is 1. The molecule has 3 nitrogen and oxygen atoms in total. The molecule has 0 spiro atoms. The van der Waals surface area contributed by atoms with E-state index in [9.17, 15) is 11.3 Å². The molecule has 1 N–H and O–H groups in total. The van der Waals surface area contributed by atoms with E-state index in [0.717, 1.165) is 88.5 Å². The van der Waals surface area contributed by atoms with E-state index in [1.807, 2.05) is 58.2 Å². The number of rotatable bonds is 10. The Balaban J connectivity index is 0.000000398. The van der Waals surface area contributed by atoms with Crippen molar-refractivity contribution in [3.05, 3.63) is 101 Å². The minimum Gasteiger partial charge on any atom is -0.512 e. The number of aryl methyl sites for hydroxylation is 1. The molecule has 0 amide bonds. The van der Waals surface area contributed by atoms with Crippen LogP contribution in [-0.2, 0) is 30.3 Å². The molecule has 1 radical (unpaired) electrons. The van der Waals surface area contributed by atoms with Crippen LogP contribution in [0.15, 0.2) is 78.7 Å². The van der Waals surface area contributed by atoms with Crippen molar-refractivity contribution in [1.82, 2.24) is 4.98 Å². The van der Waals surface area contributed by atoms with Gasteiger partial charge >= 0.3 is 0 Å². The summed E-state index contributed by atoms with van der Waals surface area (Å²) in [4.78, 5) is 17.4. The Morgan fingerprint density at radius 1 is 1.00 bits per heavy atom. The van der Waals surface area contributed by atoms with Gasteiger partial charge in [-0.1, -0.05) is 110 Å². The molecule has 54 heavy (non-hydrogen) atoms. The average molecular weight is 925 g/mol. The van der Waals surface area contributed by atoms with Crippen LogP contribution >= 0.6 is 11.3 Å². The second kappa shape index (κ2) is 18.7. The van der Waals surface area contributed by atoms with Crippen LogP contribution in [-0.4, -0.2) is 15.9 Å². The van der Waals surface area contributed by atoms with E-state index in [1.165, 1.54) is 17.0 Å². The largest absolute Gasteiger partial charge is 0.512 e. The number of allylic oxidation sites excluding steroid dienone is 2. The standard InChI is InChI=1S/C36H38NS.C13H24O2.Ir/c1-23-19-25(24-13-16-36(5,6)17-14-24)11-12-29(23)32-22-27-15-18-37-33(34(27)38-32)28-20-26-9-7-8-10-30(26)31(21-28)35(2,3)4;1-5-10(6-2)12(14)9-13(15)11(7-3)8-4;/h7-12,15,18-19,21-22,24H,13-14,16-17H2,1-6H3;9-11,14H,5-8H2,1-4H3;/q-1;;/b;12-9-;/i1D3,24D;;. The molecule has 291 valence electrons. The van der Waals surface area contributed by atoms with E-state index in [0.29, 0.717) is 11.1 Å². The van der Waals surface area contributed by atoms with Gasteiger partial charge in [-0.15, -0.1) is 40.5 Å². The molecule has 5 aromatic rings. The maximum atomic E-state index is 11.7. The number of aliphatic hydroxyl groups is 1. The van der Waals surface area contributed by atoms with Crippen molar-refractivity contribution >= 4 is 38.0 Å². The van der Waals surface area contributed by atoms with E-state index in [-0.39, 0.29) is 54.3 Å². The van der Waals surface area contributed by atoms with E-state index >= 15 is 0 Å². The summed E-state index contributed by atoms with van der Waals surface area (Å²) in [6.45, 7) is 17.0. The van der Waals surface area contributed by atoms with Gasteiger partial charge in [0.1, 0.15) is 0 Å². The number of carbonyl (C=O) groups excluding carboxylic acids is 1. The molecule has 2 heterocycles. The van der Waals surface area contributed by atoms with Crippen LogP contribution in [0.2, 0.25) is 0 Å². The van der Waals surface area contributed by atoms with Gasteiger partial charge in [-0.2, -0.15) is 0 Å². The third kappa shape index (κ3) is 10.2. The second-order valence-electron chi connectivity index (χ2n) is 16.6. The van der Waals surface area contributed by atoms with E-state index in [1.54, 1.807) is 17.4 Å². The predicted molar refractivity (Wildman–Crippen MR) is 229 cm³/mol. The van der Waals surface area contributed by atoms with Crippen molar-refractivity contribution in [1.29, 1.82) is 0 Å². The zero-order valence-corrected chi connectivity index (χ0v) is 37.0. The van der Waals surface area contributed by atoms with Gasteiger partial charge in [0, 0.05) is 65.0 Å². The first-order valence-corrected chi connectivity index (χ1v) is 20.5. The summed E-state index contributed by atoms with van der Waals surface area (Å²) >= 11 is 1.58. The Labute approximate surface area is 349 Å². The molecule has 0 saturated heterocycles. The third-order valence-corrected chi connectivity index (χ3v) is 12.4. The van der Waals surface area contributed by atoms with Crippen molar-refractivity contribution in [3.8, 4) is 21.7 Å². The number of aromatic nitrogens is 1. The summed E-state index contributed by atoms with van der Waals surface area (Å²) in [5, 5.41) is 13.1. The number of fused-ring (bicyclic) bond motifs is 2. The number of pyridine rings is 1. The molecule has 1 aliphatic carbocycles. The van der Waals surface area contributed by atoms with Gasteiger partial charge in [-0.05, 0) is 109 Å². The van der Waals surface area contributed by atoms with Crippen LogP contribution < -0.4 is 0 Å². The van der Waals surface area contributed by atoms with Crippen molar-refractivity contribution in [3.63, 3.8) is 0 Å². The summed E-state index contributed by atoms with van der Waals surface area (Å²) in [5.41, 5.74) is 5.08. The van der Waals surface area contributed by atoms with E-state index in [2.05, 4.69) is 71.0 Å². The summed E-state index contributed by atoms with van der Waals surface area (Å²) in [7, 11) is 0. The Hall–Kier alpha value is -3.11. The van der Waals surface area contributed by atoms with E-state index < -0.39 is 12.7 Å². The summed E-state index contributed by atoms with van der Waals surface area (Å²) in [5.74, 6) is -0.201. The SMILES string of the molecule is CCC(CC)C(=O)/C=C(\O)C(CC)CC.[2H]C([2H])([2H])c1cc(C2([2H])CCC(C)(C)CC2)ccc1-c1cc2ccnc(-c3[c-]c4ccccc4c(C(C)(C)C)c3)c2s1.[Ir]. The molecule has 1 saturated carbocycles. The second-order valence-corrected chi connectivity index (χ2v) is 17.7. The molecule has 0 atom stereocenters. The topological polar surface area (TPSA) is 50.2 Å². The predicted octanol–water partition coefficient (Wildman–Crippen LogP) is 14.7. The normalized spacial score (nSPS) is 16.9. The molecule has 5 heteroatoms. The molecule has 0 aliphatic heterocycles. The molecule has 1 aliphatic rings. The molecular weight excluding hydrogens is 859 g/mol. The zero-order valence-electron chi connectivity index (χ0n) is 37.8. The molecule has 3 aromatic carbocycles. The maximum Gasteiger partial charge on any atom is 0.162 e. The first kappa shape index (κ1) is 37.8. The number of hydrogen-bond donors (Lipinski definition) is 1. The summed E-state index contributed by atoms with van der Waals surface area (Å²) < 4.78 is 35.6. The first-order valence-electron chi connectivity index (χ1n) is 21.7. The fraction of sp³-hybridized carbons (Fsp3) is 0.469. The fourth-order valence-electron chi connectivity index (χ4n) is 7.54. The molecule has 6 rings (SSSR count). The van der Waals surface area contributed by atoms with Gasteiger partial charge in [0.05, 0.1) is 5.76 Å². The van der Waals surface area contributed by atoms with Crippen LogP contribution in [0.5, 0.6) is 0 Å². The van der Waals surface area contributed by atoms with Gasteiger partial charge in [-0.25, -0.2) is 0 Å². The summed E-state index contributed by atoms with van der Waals surface area (Å²) in [6, 6.07) is 24.0. The molecule has 2 aromatic heterocycles. The average Bonchev–Trinajstić information content (AvgIpc) is 3.61. The van der Waals surface area contributed by atoms with Crippen molar-refractivity contribution in [2.24, 2.45) is 17.3 Å². The van der Waals surface area contributed by atoms with Gasteiger partial charge in [0.25, 0.3) is 0 Å². The third-order valence-electron chi connectivity index (χ3n) is 11.3. The van der Waals surface area contributed by atoms with Crippen molar-refractivity contribution < 1.29 is 35.5 Å². The van der Waals surface area contributed by atoms with Gasteiger partial charge in [-0.3, -0.25) is 9.78 Å². The zero-order chi connectivity index (χ0) is 41.9. The summed E-state index contributed by atoms with van der Waals surface area (Å²) in [6.07, 6.45) is 10.2. The number of carbonyl (C=O) groups is 1. The maximum absolute atomic E-state index is 11.7. The number of thiophene rings is 1. The number of ketones is 1. The van der Waals surface area contributed by atoms with Crippen molar-refractivity contribution in [2.45, 2.75) is 132 Å². The Kier molecular flexibility index (Phi) is 13.1. The molecule has 0 bridgehead atoms. The quantitative estimate of drug-likeness (QED) is 0.0862. The minimum atomic E-state index is -2.29. The Morgan fingerprint density at radius 3 is 2.30 bits per heavy atom. The minimum absolute atomic E-state index is 0. The molecule has 1 fully saturated rings.